The average molecular weight is 362 g/mol. The second kappa shape index (κ2) is 10.6. The number of esters is 2. The van der Waals surface area contributed by atoms with Crippen LogP contribution in [0, 0.1) is 0 Å². The molecular formula is C20H26O6. The van der Waals surface area contributed by atoms with Crippen LogP contribution in [0.2, 0.25) is 0 Å². The minimum absolute atomic E-state index is 0.0388. The van der Waals surface area contributed by atoms with Crippen LogP contribution in [-0.4, -0.2) is 44.5 Å². The van der Waals surface area contributed by atoms with E-state index in [0.717, 1.165) is 31.8 Å². The van der Waals surface area contributed by atoms with Gasteiger partial charge >= 0.3 is 11.9 Å². The molecule has 0 N–H and O–H groups in total. The van der Waals surface area contributed by atoms with Gasteiger partial charge in [0.05, 0.1) is 24.9 Å². The highest BCUT2D eigenvalue weighted by molar-refractivity contribution is 5.89. The zero-order valence-corrected chi connectivity index (χ0v) is 15.1. The van der Waals surface area contributed by atoms with Crippen molar-refractivity contribution < 1.29 is 28.5 Å². The van der Waals surface area contributed by atoms with E-state index >= 15 is 0 Å². The lowest BCUT2D eigenvalue weighted by molar-refractivity contribution is -0.137. The third-order valence-corrected chi connectivity index (χ3v) is 4.29. The van der Waals surface area contributed by atoms with Crippen LogP contribution in [-0.2, 0) is 19.0 Å². The largest absolute Gasteiger partial charge is 0.493 e. The molecule has 1 aromatic carbocycles. The summed E-state index contributed by atoms with van der Waals surface area (Å²) in [5.74, 6) is -0.102. The first-order chi connectivity index (χ1) is 12.6. The lowest BCUT2D eigenvalue weighted by atomic mass is 9.95. The van der Waals surface area contributed by atoms with Gasteiger partial charge in [-0.3, -0.25) is 0 Å². The summed E-state index contributed by atoms with van der Waals surface area (Å²) in [5, 5.41) is 0. The molecule has 1 fully saturated rings. The van der Waals surface area contributed by atoms with Crippen LogP contribution in [0.3, 0.4) is 0 Å². The smallest absolute Gasteiger partial charge is 0.338 e. The second-order valence-electron chi connectivity index (χ2n) is 6.14. The first kappa shape index (κ1) is 20.0. The van der Waals surface area contributed by atoms with E-state index in [1.165, 1.54) is 0 Å². The Morgan fingerprint density at radius 2 is 1.73 bits per heavy atom. The quantitative estimate of drug-likeness (QED) is 0.381. The van der Waals surface area contributed by atoms with Gasteiger partial charge in [-0.2, -0.15) is 0 Å². The fourth-order valence-electron chi connectivity index (χ4n) is 2.77. The van der Waals surface area contributed by atoms with Gasteiger partial charge in [0.15, 0.2) is 0 Å². The molecule has 26 heavy (non-hydrogen) atoms. The Kier molecular flexibility index (Phi) is 8.15. The van der Waals surface area contributed by atoms with Crippen LogP contribution in [0.25, 0.3) is 0 Å². The van der Waals surface area contributed by atoms with Crippen LogP contribution < -0.4 is 4.74 Å². The lowest BCUT2D eigenvalue weighted by Gasteiger charge is -2.27. The molecule has 0 saturated heterocycles. The summed E-state index contributed by atoms with van der Waals surface area (Å²) in [6.07, 6.45) is 5.45. The predicted octanol–water partition coefficient (Wildman–Crippen LogP) is 3.30. The molecule has 0 amide bonds. The van der Waals surface area contributed by atoms with Gasteiger partial charge < -0.3 is 18.9 Å². The monoisotopic (exact) mass is 362 g/mol. The Morgan fingerprint density at radius 1 is 1.08 bits per heavy atom. The Balaban J connectivity index is 1.70. The molecule has 0 spiro atoms. The summed E-state index contributed by atoms with van der Waals surface area (Å²) in [6.45, 7) is 4.02. The summed E-state index contributed by atoms with van der Waals surface area (Å²) in [4.78, 5) is 23.1. The molecule has 1 saturated carbocycles. The van der Waals surface area contributed by atoms with Gasteiger partial charge in [-0.25, -0.2) is 9.59 Å². The van der Waals surface area contributed by atoms with Crippen molar-refractivity contribution in [2.24, 2.45) is 0 Å². The summed E-state index contributed by atoms with van der Waals surface area (Å²) in [6, 6.07) is 6.84. The maximum Gasteiger partial charge on any atom is 0.338 e. The number of carbonyl (C=O) groups excluding carboxylic acids is 2. The zero-order valence-electron chi connectivity index (χ0n) is 15.1. The van der Waals surface area contributed by atoms with E-state index in [2.05, 4.69) is 6.58 Å². The van der Waals surface area contributed by atoms with Gasteiger partial charge in [0.2, 0.25) is 0 Å². The molecule has 0 heterocycles. The number of carbonyl (C=O) groups is 2. The van der Waals surface area contributed by atoms with Gasteiger partial charge in [-0.1, -0.05) is 6.58 Å². The summed E-state index contributed by atoms with van der Waals surface area (Å²) in [5.41, 5.74) is 0.506. The highest BCUT2D eigenvalue weighted by Gasteiger charge is 2.24. The Bertz CT molecular complexity index is 587. The lowest BCUT2D eigenvalue weighted by Crippen LogP contribution is -2.27. The molecule has 0 atom stereocenters. The third kappa shape index (κ3) is 6.52. The Hall–Kier alpha value is -2.34. The van der Waals surface area contributed by atoms with E-state index < -0.39 is 5.97 Å². The highest BCUT2D eigenvalue weighted by Crippen LogP contribution is 2.24. The molecular weight excluding hydrogens is 336 g/mol. The van der Waals surface area contributed by atoms with Crippen molar-refractivity contribution in [2.45, 2.75) is 44.3 Å². The normalized spacial score (nSPS) is 19.4. The number of ether oxygens (including phenoxy) is 4. The SMILES string of the molecule is C=CC(=O)OCCCOc1ccc(C(=O)OC2CCC(OC)CC2)cc1. The Labute approximate surface area is 154 Å². The molecule has 1 aliphatic carbocycles. The molecule has 1 aromatic rings. The highest BCUT2D eigenvalue weighted by atomic mass is 16.5. The molecule has 0 radical (unpaired) electrons. The van der Waals surface area contributed by atoms with E-state index in [9.17, 15) is 9.59 Å². The molecule has 142 valence electrons. The van der Waals surface area contributed by atoms with Crippen molar-refractivity contribution in [1.29, 1.82) is 0 Å². The van der Waals surface area contributed by atoms with Gasteiger partial charge in [0, 0.05) is 19.6 Å². The standard InChI is InChI=1S/C20H26O6/c1-3-19(21)25-14-4-13-24-17-7-5-15(6-8-17)20(22)26-18-11-9-16(23-2)10-12-18/h3,5-8,16,18H,1,4,9-14H2,2H3. The van der Waals surface area contributed by atoms with Gasteiger partial charge in [-0.15, -0.1) is 0 Å². The van der Waals surface area contributed by atoms with Crippen LogP contribution >= 0.6 is 0 Å². The van der Waals surface area contributed by atoms with Crippen molar-refractivity contribution in [2.75, 3.05) is 20.3 Å². The van der Waals surface area contributed by atoms with Crippen molar-refractivity contribution >= 4 is 11.9 Å². The van der Waals surface area contributed by atoms with E-state index in [1.54, 1.807) is 31.4 Å². The molecule has 6 heteroatoms. The topological polar surface area (TPSA) is 71.1 Å². The molecule has 0 aromatic heterocycles. The second-order valence-corrected chi connectivity index (χ2v) is 6.14. The van der Waals surface area contributed by atoms with Crippen molar-refractivity contribution in [3.63, 3.8) is 0 Å². The average Bonchev–Trinajstić information content (AvgIpc) is 2.68. The summed E-state index contributed by atoms with van der Waals surface area (Å²) in [7, 11) is 1.72. The predicted molar refractivity (Wildman–Crippen MR) is 96.2 cm³/mol. The van der Waals surface area contributed by atoms with E-state index in [4.69, 9.17) is 18.9 Å². The van der Waals surface area contributed by atoms with Gasteiger partial charge in [0.1, 0.15) is 11.9 Å². The number of rotatable bonds is 9. The van der Waals surface area contributed by atoms with Crippen molar-refractivity contribution in [3.05, 3.63) is 42.5 Å². The van der Waals surface area contributed by atoms with E-state index in [0.29, 0.717) is 24.3 Å². The molecule has 0 bridgehead atoms. The summed E-state index contributed by atoms with van der Waals surface area (Å²) >= 11 is 0. The molecule has 2 rings (SSSR count). The van der Waals surface area contributed by atoms with Crippen molar-refractivity contribution in [1.82, 2.24) is 0 Å². The van der Waals surface area contributed by atoms with Crippen molar-refractivity contribution in [3.8, 4) is 5.75 Å². The van der Waals surface area contributed by atoms with Gasteiger partial charge in [-0.05, 0) is 49.9 Å². The van der Waals surface area contributed by atoms with Gasteiger partial charge in [0.25, 0.3) is 0 Å². The number of benzene rings is 1. The first-order valence-corrected chi connectivity index (χ1v) is 8.88. The van der Waals surface area contributed by atoms with E-state index in [1.807, 2.05) is 0 Å². The van der Waals surface area contributed by atoms with E-state index in [-0.39, 0.29) is 24.8 Å². The minimum Gasteiger partial charge on any atom is -0.493 e. The summed E-state index contributed by atoms with van der Waals surface area (Å²) < 4.78 is 21.3. The number of methoxy groups -OCH3 is 1. The number of hydrogen-bond donors (Lipinski definition) is 0. The van der Waals surface area contributed by atoms with Crippen LogP contribution in [0.1, 0.15) is 42.5 Å². The fourth-order valence-corrected chi connectivity index (χ4v) is 2.77. The molecule has 0 unspecified atom stereocenters. The Morgan fingerprint density at radius 3 is 2.35 bits per heavy atom. The zero-order chi connectivity index (χ0) is 18.8. The molecule has 6 nitrogen and oxygen atoms in total. The molecule has 0 aliphatic heterocycles. The van der Waals surface area contributed by atoms with Crippen LogP contribution in [0.4, 0.5) is 0 Å². The molecule has 1 aliphatic rings. The van der Waals surface area contributed by atoms with Crippen LogP contribution in [0.15, 0.2) is 36.9 Å². The minimum atomic E-state index is -0.441. The first-order valence-electron chi connectivity index (χ1n) is 8.88. The maximum absolute atomic E-state index is 12.2. The fraction of sp³-hybridized carbons (Fsp3) is 0.500. The third-order valence-electron chi connectivity index (χ3n) is 4.29. The maximum atomic E-state index is 12.2. The number of hydrogen-bond acceptors (Lipinski definition) is 6. The van der Waals surface area contributed by atoms with Crippen LogP contribution in [0.5, 0.6) is 5.75 Å².